The molecule has 1 atom stereocenters. The van der Waals surface area contributed by atoms with Crippen molar-refractivity contribution in [1.82, 2.24) is 0 Å². The number of halogens is 3. The van der Waals surface area contributed by atoms with Crippen LogP contribution in [0.3, 0.4) is 0 Å². The Kier molecular flexibility index (Phi) is 5.28. The average Bonchev–Trinajstić information content (AvgIpc) is 2.46. The fourth-order valence-corrected chi connectivity index (χ4v) is 2.02. The van der Waals surface area contributed by atoms with E-state index in [1.165, 1.54) is 37.3 Å². The molecule has 0 saturated heterocycles. The quantitative estimate of drug-likeness (QED) is 0.862. The fourth-order valence-electron chi connectivity index (χ4n) is 1.78. The van der Waals surface area contributed by atoms with E-state index in [4.69, 9.17) is 16.3 Å². The summed E-state index contributed by atoms with van der Waals surface area (Å²) in [6.07, 6.45) is -1.22. The van der Waals surface area contributed by atoms with Crippen LogP contribution in [-0.2, 0) is 9.53 Å². The molecule has 2 rings (SSSR count). The van der Waals surface area contributed by atoms with Crippen molar-refractivity contribution in [1.29, 1.82) is 0 Å². The number of anilines is 1. The van der Waals surface area contributed by atoms with Crippen molar-refractivity contribution in [3.8, 4) is 0 Å². The number of nitrogens with one attached hydrogen (secondary N) is 1. The van der Waals surface area contributed by atoms with Crippen LogP contribution in [0.1, 0.15) is 17.3 Å². The second-order valence-corrected chi connectivity index (χ2v) is 5.05. The van der Waals surface area contributed by atoms with Gasteiger partial charge in [0.15, 0.2) is 6.10 Å². The minimum absolute atomic E-state index is 0.118. The van der Waals surface area contributed by atoms with Crippen LogP contribution in [0.5, 0.6) is 0 Å². The molecular formula is C16H12ClF2NO3. The topological polar surface area (TPSA) is 55.4 Å². The summed E-state index contributed by atoms with van der Waals surface area (Å²) in [4.78, 5) is 23.8. The lowest BCUT2D eigenvalue weighted by Gasteiger charge is -2.14. The highest BCUT2D eigenvalue weighted by atomic mass is 35.5. The lowest BCUT2D eigenvalue weighted by molar-refractivity contribution is -0.123. The Morgan fingerprint density at radius 2 is 1.87 bits per heavy atom. The van der Waals surface area contributed by atoms with Crippen LogP contribution < -0.4 is 5.32 Å². The van der Waals surface area contributed by atoms with Crippen LogP contribution >= 0.6 is 11.6 Å². The summed E-state index contributed by atoms with van der Waals surface area (Å²) in [6.45, 7) is 1.31. The van der Waals surface area contributed by atoms with Crippen LogP contribution in [-0.4, -0.2) is 18.0 Å². The zero-order valence-electron chi connectivity index (χ0n) is 12.0. The predicted octanol–water partition coefficient (Wildman–Crippen LogP) is 3.80. The smallest absolute Gasteiger partial charge is 0.343 e. The molecule has 1 N–H and O–H groups in total. The van der Waals surface area contributed by atoms with Crippen LogP contribution in [0.2, 0.25) is 5.02 Å². The first-order valence-corrected chi connectivity index (χ1v) is 6.97. The van der Waals surface area contributed by atoms with E-state index in [9.17, 15) is 18.4 Å². The van der Waals surface area contributed by atoms with E-state index in [0.29, 0.717) is 0 Å². The Labute approximate surface area is 136 Å². The summed E-state index contributed by atoms with van der Waals surface area (Å²) in [5.74, 6) is -3.11. The molecule has 120 valence electrons. The van der Waals surface area contributed by atoms with E-state index in [1.54, 1.807) is 0 Å². The minimum atomic E-state index is -1.22. The average molecular weight is 340 g/mol. The van der Waals surface area contributed by atoms with E-state index in [2.05, 4.69) is 5.32 Å². The van der Waals surface area contributed by atoms with Crippen molar-refractivity contribution >= 4 is 29.2 Å². The number of esters is 1. The van der Waals surface area contributed by atoms with Gasteiger partial charge in [0.1, 0.15) is 17.2 Å². The summed E-state index contributed by atoms with van der Waals surface area (Å²) < 4.78 is 31.6. The summed E-state index contributed by atoms with van der Waals surface area (Å²) in [5, 5.41) is 2.27. The molecule has 0 heterocycles. The van der Waals surface area contributed by atoms with E-state index >= 15 is 0 Å². The number of hydrogen-bond acceptors (Lipinski definition) is 3. The van der Waals surface area contributed by atoms with Crippen LogP contribution in [0, 0.1) is 11.6 Å². The van der Waals surface area contributed by atoms with E-state index in [0.717, 1.165) is 12.1 Å². The SMILES string of the molecule is CC(OC(=O)c1c(F)cccc1Cl)C(=O)Nc1cccc(F)c1. The second kappa shape index (κ2) is 7.19. The monoisotopic (exact) mass is 339 g/mol. The molecule has 7 heteroatoms. The van der Waals surface area contributed by atoms with Crippen molar-refractivity contribution in [2.45, 2.75) is 13.0 Å². The lowest BCUT2D eigenvalue weighted by Crippen LogP contribution is -2.30. The molecule has 2 aromatic rings. The second-order valence-electron chi connectivity index (χ2n) is 4.64. The molecule has 23 heavy (non-hydrogen) atoms. The molecule has 0 aromatic heterocycles. The molecule has 0 bridgehead atoms. The number of benzene rings is 2. The molecule has 4 nitrogen and oxygen atoms in total. The number of amides is 1. The first kappa shape index (κ1) is 16.9. The lowest BCUT2D eigenvalue weighted by atomic mass is 10.2. The standard InChI is InChI=1S/C16H12ClF2NO3/c1-9(15(21)20-11-5-2-4-10(18)8-11)23-16(22)14-12(17)6-3-7-13(14)19/h2-9H,1H3,(H,20,21). The summed E-state index contributed by atoms with van der Waals surface area (Å²) in [5.41, 5.74) is -0.235. The highest BCUT2D eigenvalue weighted by Crippen LogP contribution is 2.20. The van der Waals surface area contributed by atoms with Gasteiger partial charge in [0, 0.05) is 5.69 Å². The normalized spacial score (nSPS) is 11.7. The molecule has 1 unspecified atom stereocenters. The van der Waals surface area contributed by atoms with Crippen LogP contribution in [0.4, 0.5) is 14.5 Å². The van der Waals surface area contributed by atoms with Gasteiger partial charge >= 0.3 is 5.97 Å². The zero-order chi connectivity index (χ0) is 17.0. The van der Waals surface area contributed by atoms with Gasteiger partial charge in [0.05, 0.1) is 5.02 Å². The first-order chi connectivity index (χ1) is 10.9. The molecule has 0 radical (unpaired) electrons. The minimum Gasteiger partial charge on any atom is -0.449 e. The Morgan fingerprint density at radius 1 is 1.17 bits per heavy atom. The van der Waals surface area contributed by atoms with E-state index < -0.39 is 35.2 Å². The third kappa shape index (κ3) is 4.26. The Morgan fingerprint density at radius 3 is 2.52 bits per heavy atom. The maximum atomic E-state index is 13.6. The number of ether oxygens (including phenoxy) is 1. The van der Waals surface area contributed by atoms with Gasteiger partial charge in [-0.1, -0.05) is 23.7 Å². The molecule has 0 aliphatic rings. The van der Waals surface area contributed by atoms with Gasteiger partial charge in [-0.25, -0.2) is 13.6 Å². The van der Waals surface area contributed by atoms with Crippen molar-refractivity contribution in [3.05, 3.63) is 64.7 Å². The van der Waals surface area contributed by atoms with Gasteiger partial charge in [0.25, 0.3) is 5.91 Å². The van der Waals surface area contributed by atoms with Gasteiger partial charge in [-0.15, -0.1) is 0 Å². The Hall–Kier alpha value is -2.47. The Bertz CT molecular complexity index is 732. The third-order valence-corrected chi connectivity index (χ3v) is 3.23. The highest BCUT2D eigenvalue weighted by molar-refractivity contribution is 6.33. The molecule has 0 spiro atoms. The largest absolute Gasteiger partial charge is 0.449 e. The summed E-state index contributed by atoms with van der Waals surface area (Å²) in [6, 6.07) is 8.96. The highest BCUT2D eigenvalue weighted by Gasteiger charge is 2.23. The molecule has 0 saturated carbocycles. The van der Waals surface area contributed by atoms with Crippen molar-refractivity contribution in [2.24, 2.45) is 0 Å². The molecule has 0 aliphatic carbocycles. The van der Waals surface area contributed by atoms with E-state index in [1.807, 2.05) is 0 Å². The van der Waals surface area contributed by atoms with Crippen molar-refractivity contribution in [2.75, 3.05) is 5.32 Å². The number of carbonyl (C=O) groups excluding carboxylic acids is 2. The number of rotatable bonds is 4. The Balaban J connectivity index is 2.05. The van der Waals surface area contributed by atoms with E-state index in [-0.39, 0.29) is 10.7 Å². The van der Waals surface area contributed by atoms with Gasteiger partial charge < -0.3 is 10.1 Å². The van der Waals surface area contributed by atoms with Gasteiger partial charge in [-0.05, 0) is 37.3 Å². The van der Waals surface area contributed by atoms with Crippen molar-refractivity contribution < 1.29 is 23.1 Å². The summed E-state index contributed by atoms with van der Waals surface area (Å²) >= 11 is 5.75. The van der Waals surface area contributed by atoms with Gasteiger partial charge in [-0.3, -0.25) is 4.79 Å². The van der Waals surface area contributed by atoms with Crippen LogP contribution in [0.25, 0.3) is 0 Å². The maximum absolute atomic E-state index is 13.6. The number of hydrogen-bond donors (Lipinski definition) is 1. The molecule has 2 aromatic carbocycles. The molecular weight excluding hydrogens is 328 g/mol. The van der Waals surface area contributed by atoms with Crippen LogP contribution in [0.15, 0.2) is 42.5 Å². The maximum Gasteiger partial charge on any atom is 0.343 e. The zero-order valence-corrected chi connectivity index (χ0v) is 12.7. The van der Waals surface area contributed by atoms with Gasteiger partial charge in [0.2, 0.25) is 0 Å². The molecule has 0 fully saturated rings. The summed E-state index contributed by atoms with van der Waals surface area (Å²) in [7, 11) is 0. The molecule has 1 amide bonds. The number of carbonyl (C=O) groups is 2. The van der Waals surface area contributed by atoms with Crippen molar-refractivity contribution in [3.63, 3.8) is 0 Å². The predicted molar refractivity (Wildman–Crippen MR) is 81.3 cm³/mol. The molecule has 0 aliphatic heterocycles. The third-order valence-electron chi connectivity index (χ3n) is 2.91. The first-order valence-electron chi connectivity index (χ1n) is 6.60. The van der Waals surface area contributed by atoms with Gasteiger partial charge in [-0.2, -0.15) is 0 Å². The fraction of sp³-hybridized carbons (Fsp3) is 0.125.